The minimum Gasteiger partial charge on any atom is -0.308 e. The average Bonchev–Trinajstić information content (AvgIpc) is 2.16. The normalized spacial score (nSPS) is 9.69. The van der Waals surface area contributed by atoms with Crippen LogP contribution in [-0.4, -0.2) is 16.2 Å². The summed E-state index contributed by atoms with van der Waals surface area (Å²) in [5.41, 5.74) is 2.25. The first kappa shape index (κ1) is 9.75. The van der Waals surface area contributed by atoms with Gasteiger partial charge >= 0.3 is 0 Å². The Morgan fingerprint density at radius 2 is 2.38 bits per heavy atom. The highest BCUT2D eigenvalue weighted by Crippen LogP contribution is 2.22. The number of hydrogen-bond donors (Lipinski definition) is 2. The van der Waals surface area contributed by atoms with Gasteiger partial charge in [0.25, 0.3) is 5.69 Å². The number of thioether (sulfide) groups is 1. The van der Waals surface area contributed by atoms with Gasteiger partial charge < -0.3 is 5.43 Å². The lowest BCUT2D eigenvalue weighted by atomic mass is 10.4. The van der Waals surface area contributed by atoms with Crippen molar-refractivity contribution < 1.29 is 4.92 Å². The van der Waals surface area contributed by atoms with E-state index in [0.29, 0.717) is 10.8 Å². The van der Waals surface area contributed by atoms with E-state index in [-0.39, 0.29) is 5.69 Å². The van der Waals surface area contributed by atoms with Crippen molar-refractivity contribution in [3.05, 3.63) is 22.2 Å². The number of nitrogens with two attached hydrogens (primary N) is 1. The number of nitrogens with zero attached hydrogens (tertiary/aromatic N) is 2. The number of nitro groups is 1. The first-order valence-electron chi connectivity index (χ1n) is 3.34. The molecule has 6 nitrogen and oxygen atoms in total. The second-order valence-corrected chi connectivity index (χ2v) is 2.98. The molecule has 0 saturated heterocycles. The quantitative estimate of drug-likeness (QED) is 0.327. The number of pyridine rings is 1. The van der Waals surface area contributed by atoms with E-state index in [0.717, 1.165) is 0 Å². The zero-order valence-electron chi connectivity index (χ0n) is 6.85. The van der Waals surface area contributed by atoms with Gasteiger partial charge in [-0.15, -0.1) is 11.8 Å². The molecule has 0 aliphatic carbocycles. The molecule has 0 unspecified atom stereocenters. The van der Waals surface area contributed by atoms with Crippen molar-refractivity contribution in [2.75, 3.05) is 11.7 Å². The van der Waals surface area contributed by atoms with Gasteiger partial charge in [0, 0.05) is 6.07 Å². The first-order chi connectivity index (χ1) is 6.17. The maximum absolute atomic E-state index is 10.4. The molecule has 0 radical (unpaired) electrons. The molecule has 1 aromatic heterocycles. The zero-order chi connectivity index (χ0) is 9.84. The lowest BCUT2D eigenvalue weighted by Crippen LogP contribution is -2.09. The maximum Gasteiger partial charge on any atom is 0.275 e. The number of aromatic nitrogens is 1. The highest BCUT2D eigenvalue weighted by Gasteiger charge is 2.09. The predicted molar refractivity (Wildman–Crippen MR) is 50.5 cm³/mol. The Morgan fingerprint density at radius 1 is 1.69 bits per heavy atom. The molecule has 0 aromatic carbocycles. The van der Waals surface area contributed by atoms with Crippen LogP contribution in [-0.2, 0) is 0 Å². The summed E-state index contributed by atoms with van der Waals surface area (Å²) in [6.45, 7) is 0. The number of rotatable bonds is 3. The molecule has 3 N–H and O–H groups in total. The van der Waals surface area contributed by atoms with E-state index in [4.69, 9.17) is 5.84 Å². The Labute approximate surface area is 78.7 Å². The lowest BCUT2D eigenvalue weighted by molar-refractivity contribution is -0.385. The van der Waals surface area contributed by atoms with Gasteiger partial charge in [-0.3, -0.25) is 10.1 Å². The third-order valence-corrected chi connectivity index (χ3v) is 1.98. The van der Waals surface area contributed by atoms with Crippen molar-refractivity contribution in [1.82, 2.24) is 4.98 Å². The van der Waals surface area contributed by atoms with Crippen LogP contribution < -0.4 is 11.3 Å². The first-order valence-corrected chi connectivity index (χ1v) is 4.57. The van der Waals surface area contributed by atoms with Crippen molar-refractivity contribution in [3.63, 3.8) is 0 Å². The second-order valence-electron chi connectivity index (χ2n) is 2.15. The molecule has 0 aliphatic rings. The molecule has 0 amide bonds. The van der Waals surface area contributed by atoms with E-state index in [9.17, 15) is 10.1 Å². The molecule has 0 aliphatic heterocycles. The van der Waals surface area contributed by atoms with Gasteiger partial charge in [-0.2, -0.15) is 0 Å². The topological polar surface area (TPSA) is 94.1 Å². The zero-order valence-corrected chi connectivity index (χ0v) is 7.67. The van der Waals surface area contributed by atoms with E-state index in [1.807, 2.05) is 0 Å². The lowest BCUT2D eigenvalue weighted by Gasteiger charge is -2.01. The molecule has 1 heterocycles. The molecule has 1 aromatic rings. The Balaban J connectivity index is 3.14. The average molecular weight is 200 g/mol. The third-order valence-electron chi connectivity index (χ3n) is 1.35. The van der Waals surface area contributed by atoms with Crippen LogP contribution in [0.1, 0.15) is 0 Å². The van der Waals surface area contributed by atoms with E-state index in [1.54, 1.807) is 6.26 Å². The molecule has 1 rings (SSSR count). The summed E-state index contributed by atoms with van der Waals surface area (Å²) in [4.78, 5) is 13.9. The van der Waals surface area contributed by atoms with E-state index in [2.05, 4.69) is 10.4 Å². The molecule has 70 valence electrons. The smallest absolute Gasteiger partial charge is 0.275 e. The molecule has 0 bridgehead atoms. The Bertz CT molecular complexity index is 308. The number of hydrogen-bond acceptors (Lipinski definition) is 6. The van der Waals surface area contributed by atoms with Crippen molar-refractivity contribution in [2.45, 2.75) is 5.03 Å². The Hall–Kier alpha value is -1.34. The summed E-state index contributed by atoms with van der Waals surface area (Å²) in [5.74, 6) is 5.39. The molecule has 7 heteroatoms. The van der Waals surface area contributed by atoms with Crippen LogP contribution in [0, 0.1) is 10.1 Å². The van der Waals surface area contributed by atoms with Crippen molar-refractivity contribution in [3.8, 4) is 0 Å². The molecule has 0 saturated carbocycles. The standard InChI is InChI=1S/C6H8N4O2S/c1-13-6-3-4(10(11)12)2-5(8-6)9-7/h2-3H,7H2,1H3,(H,8,9). The van der Waals surface area contributed by atoms with Crippen molar-refractivity contribution in [2.24, 2.45) is 5.84 Å². The van der Waals surface area contributed by atoms with Crippen LogP contribution in [0.5, 0.6) is 0 Å². The fourth-order valence-electron chi connectivity index (χ4n) is 0.775. The van der Waals surface area contributed by atoms with Gasteiger partial charge in [0.1, 0.15) is 10.8 Å². The number of anilines is 1. The largest absolute Gasteiger partial charge is 0.308 e. The SMILES string of the molecule is CSc1cc([N+](=O)[O-])cc(NN)n1. The van der Waals surface area contributed by atoms with Crippen molar-refractivity contribution >= 4 is 23.3 Å². The third kappa shape index (κ3) is 2.30. The van der Waals surface area contributed by atoms with Crippen molar-refractivity contribution in [1.29, 1.82) is 0 Å². The summed E-state index contributed by atoms with van der Waals surface area (Å²) in [6.07, 6.45) is 1.78. The fraction of sp³-hybridized carbons (Fsp3) is 0.167. The van der Waals surface area contributed by atoms with Gasteiger partial charge in [-0.25, -0.2) is 10.8 Å². The van der Waals surface area contributed by atoms with Crippen LogP contribution >= 0.6 is 11.8 Å². The number of hydrazine groups is 1. The summed E-state index contributed by atoms with van der Waals surface area (Å²) in [6, 6.07) is 2.67. The molecule has 0 atom stereocenters. The minimum absolute atomic E-state index is 0.0210. The van der Waals surface area contributed by atoms with E-state index < -0.39 is 4.92 Å². The highest BCUT2D eigenvalue weighted by molar-refractivity contribution is 7.98. The van der Waals surface area contributed by atoms with Gasteiger partial charge in [0.05, 0.1) is 11.0 Å². The van der Waals surface area contributed by atoms with Gasteiger partial charge in [-0.1, -0.05) is 0 Å². The maximum atomic E-state index is 10.4. The van der Waals surface area contributed by atoms with Gasteiger partial charge in [-0.05, 0) is 6.26 Å². The Morgan fingerprint density at radius 3 is 2.85 bits per heavy atom. The Kier molecular flexibility index (Phi) is 3.04. The molecule has 13 heavy (non-hydrogen) atoms. The van der Waals surface area contributed by atoms with E-state index >= 15 is 0 Å². The molecular weight excluding hydrogens is 192 g/mol. The summed E-state index contributed by atoms with van der Waals surface area (Å²) < 4.78 is 0. The minimum atomic E-state index is -0.484. The van der Waals surface area contributed by atoms with Crippen LogP contribution in [0.25, 0.3) is 0 Å². The monoisotopic (exact) mass is 200 g/mol. The van der Waals surface area contributed by atoms with Crippen LogP contribution in [0.15, 0.2) is 17.2 Å². The van der Waals surface area contributed by atoms with E-state index in [1.165, 1.54) is 23.9 Å². The number of nitrogens with one attached hydrogen (secondary N) is 1. The van der Waals surface area contributed by atoms with Gasteiger partial charge in [0.15, 0.2) is 0 Å². The molecule has 0 fully saturated rings. The molecular formula is C6H8N4O2S. The highest BCUT2D eigenvalue weighted by atomic mass is 32.2. The van der Waals surface area contributed by atoms with Gasteiger partial charge in [0.2, 0.25) is 0 Å². The fourth-order valence-corrected chi connectivity index (χ4v) is 1.20. The van der Waals surface area contributed by atoms with Crippen LogP contribution in [0.2, 0.25) is 0 Å². The number of nitrogen functional groups attached to an aromatic ring is 1. The summed E-state index contributed by atoms with van der Waals surface area (Å²) >= 11 is 1.32. The predicted octanol–water partition coefficient (Wildman–Crippen LogP) is 0.997. The molecule has 0 spiro atoms. The van der Waals surface area contributed by atoms with Crippen LogP contribution in [0.4, 0.5) is 11.5 Å². The summed E-state index contributed by atoms with van der Waals surface area (Å²) in [7, 11) is 0. The van der Waals surface area contributed by atoms with Crippen LogP contribution in [0.3, 0.4) is 0 Å². The second kappa shape index (κ2) is 4.06. The summed E-state index contributed by atoms with van der Waals surface area (Å²) in [5, 5.41) is 11.0.